The van der Waals surface area contributed by atoms with Crippen molar-refractivity contribution < 1.29 is 4.92 Å². The molecule has 0 saturated carbocycles. The van der Waals surface area contributed by atoms with Crippen molar-refractivity contribution in [1.29, 1.82) is 0 Å². The Labute approximate surface area is 113 Å². The van der Waals surface area contributed by atoms with Gasteiger partial charge in [0.05, 0.1) is 17.1 Å². The summed E-state index contributed by atoms with van der Waals surface area (Å²) in [4.78, 5) is 17.2. The highest BCUT2D eigenvalue weighted by Crippen LogP contribution is 2.26. The van der Waals surface area contributed by atoms with Gasteiger partial charge in [-0.3, -0.25) is 10.1 Å². The van der Waals surface area contributed by atoms with Crippen LogP contribution in [-0.2, 0) is 0 Å². The second-order valence-corrected chi connectivity index (χ2v) is 5.05. The molecule has 0 radical (unpaired) electrons. The van der Waals surface area contributed by atoms with Gasteiger partial charge in [0, 0.05) is 19.6 Å². The Hall–Kier alpha value is -1.85. The summed E-state index contributed by atoms with van der Waals surface area (Å²) in [5.41, 5.74) is 0.0965. The highest BCUT2D eigenvalue weighted by atomic mass is 16.6. The molecule has 0 spiro atoms. The van der Waals surface area contributed by atoms with Gasteiger partial charge in [0.15, 0.2) is 0 Å². The molecule has 1 aliphatic heterocycles. The minimum atomic E-state index is -0.362. The van der Waals surface area contributed by atoms with Gasteiger partial charge >= 0.3 is 0 Å². The van der Waals surface area contributed by atoms with Crippen LogP contribution in [0.5, 0.6) is 0 Å². The molecule has 2 rings (SSSR count). The van der Waals surface area contributed by atoms with E-state index in [4.69, 9.17) is 0 Å². The van der Waals surface area contributed by atoms with E-state index in [1.807, 2.05) is 6.92 Å². The van der Waals surface area contributed by atoms with Gasteiger partial charge in [0.1, 0.15) is 11.6 Å². The van der Waals surface area contributed by atoms with Crippen LogP contribution in [0.2, 0.25) is 0 Å². The summed E-state index contributed by atoms with van der Waals surface area (Å²) in [6, 6.07) is 3.05. The lowest BCUT2D eigenvalue weighted by molar-refractivity contribution is -0.384. The standard InChI is InChI=1S/C13H20N4O2/c1-3-14-12-7-11(17(18)19)8-13(15-12)16-6-4-5-10(2)9-16/h7-8,10H,3-6,9H2,1-2H3,(H,14,15). The van der Waals surface area contributed by atoms with E-state index >= 15 is 0 Å². The first-order valence-corrected chi connectivity index (χ1v) is 6.75. The second kappa shape index (κ2) is 5.86. The largest absolute Gasteiger partial charge is 0.370 e. The number of nitro groups is 1. The first-order chi connectivity index (χ1) is 9.10. The molecule has 1 aromatic rings. The topological polar surface area (TPSA) is 71.3 Å². The maximum atomic E-state index is 11.0. The Morgan fingerprint density at radius 2 is 2.37 bits per heavy atom. The van der Waals surface area contributed by atoms with Crippen LogP contribution >= 0.6 is 0 Å². The van der Waals surface area contributed by atoms with E-state index in [0.717, 1.165) is 19.5 Å². The summed E-state index contributed by atoms with van der Waals surface area (Å²) >= 11 is 0. The van der Waals surface area contributed by atoms with E-state index in [1.165, 1.54) is 12.5 Å². The van der Waals surface area contributed by atoms with Crippen LogP contribution in [0, 0.1) is 16.0 Å². The maximum Gasteiger partial charge on any atom is 0.276 e. The van der Waals surface area contributed by atoms with E-state index in [2.05, 4.69) is 22.1 Å². The highest BCUT2D eigenvalue weighted by Gasteiger charge is 2.20. The number of nitrogens with one attached hydrogen (secondary N) is 1. The number of hydrogen-bond acceptors (Lipinski definition) is 5. The van der Waals surface area contributed by atoms with Crippen LogP contribution in [0.3, 0.4) is 0 Å². The van der Waals surface area contributed by atoms with Crippen molar-refractivity contribution in [1.82, 2.24) is 4.98 Å². The molecule has 6 heteroatoms. The number of aromatic nitrogens is 1. The number of piperidine rings is 1. The average molecular weight is 264 g/mol. The zero-order valence-corrected chi connectivity index (χ0v) is 11.4. The van der Waals surface area contributed by atoms with E-state index in [0.29, 0.717) is 24.1 Å². The van der Waals surface area contributed by atoms with E-state index < -0.39 is 0 Å². The molecule has 1 aromatic heterocycles. The van der Waals surface area contributed by atoms with Gasteiger partial charge in [-0.15, -0.1) is 0 Å². The monoisotopic (exact) mass is 264 g/mol. The third-order valence-electron chi connectivity index (χ3n) is 3.35. The molecule has 6 nitrogen and oxygen atoms in total. The van der Waals surface area contributed by atoms with Crippen LogP contribution in [0.15, 0.2) is 12.1 Å². The number of anilines is 2. The van der Waals surface area contributed by atoms with Crippen LogP contribution in [0.1, 0.15) is 26.7 Å². The van der Waals surface area contributed by atoms with Gasteiger partial charge in [-0.05, 0) is 25.7 Å². The number of hydrogen-bond donors (Lipinski definition) is 1. The lowest BCUT2D eigenvalue weighted by atomic mass is 10.0. The van der Waals surface area contributed by atoms with Gasteiger partial charge in [0.2, 0.25) is 0 Å². The average Bonchev–Trinajstić information content (AvgIpc) is 2.38. The maximum absolute atomic E-state index is 11.0. The fourth-order valence-corrected chi connectivity index (χ4v) is 2.44. The molecule has 19 heavy (non-hydrogen) atoms. The zero-order valence-electron chi connectivity index (χ0n) is 11.4. The molecule has 0 bridgehead atoms. The van der Waals surface area contributed by atoms with Crippen LogP contribution in [-0.4, -0.2) is 29.5 Å². The Morgan fingerprint density at radius 3 is 3.00 bits per heavy atom. The van der Waals surface area contributed by atoms with Gasteiger partial charge in [-0.2, -0.15) is 0 Å². The first-order valence-electron chi connectivity index (χ1n) is 6.75. The molecule has 1 N–H and O–H groups in total. The summed E-state index contributed by atoms with van der Waals surface area (Å²) in [7, 11) is 0. The fourth-order valence-electron chi connectivity index (χ4n) is 2.44. The summed E-state index contributed by atoms with van der Waals surface area (Å²) < 4.78 is 0. The number of rotatable bonds is 4. The van der Waals surface area contributed by atoms with Crippen molar-refractivity contribution in [3.8, 4) is 0 Å². The molecule has 0 amide bonds. The van der Waals surface area contributed by atoms with Gasteiger partial charge in [-0.25, -0.2) is 4.98 Å². The quantitative estimate of drug-likeness (QED) is 0.668. The fraction of sp³-hybridized carbons (Fsp3) is 0.615. The van der Waals surface area contributed by atoms with Crippen molar-refractivity contribution in [2.45, 2.75) is 26.7 Å². The Bertz CT molecular complexity index is 464. The molecule has 1 fully saturated rings. The molecule has 1 aliphatic rings. The highest BCUT2D eigenvalue weighted by molar-refractivity contribution is 5.56. The van der Waals surface area contributed by atoms with Crippen molar-refractivity contribution in [2.75, 3.05) is 29.9 Å². The Kier molecular flexibility index (Phi) is 4.19. The molecular formula is C13H20N4O2. The van der Waals surface area contributed by atoms with E-state index in [-0.39, 0.29) is 10.6 Å². The molecule has 104 valence electrons. The molecule has 0 aliphatic carbocycles. The molecular weight excluding hydrogens is 244 g/mol. The van der Waals surface area contributed by atoms with Crippen molar-refractivity contribution >= 4 is 17.3 Å². The SMILES string of the molecule is CCNc1cc([N+](=O)[O-])cc(N2CCCC(C)C2)n1. The third kappa shape index (κ3) is 3.33. The first kappa shape index (κ1) is 13.6. The van der Waals surface area contributed by atoms with E-state index in [9.17, 15) is 10.1 Å². The summed E-state index contributed by atoms with van der Waals surface area (Å²) in [6.07, 6.45) is 2.33. The minimum Gasteiger partial charge on any atom is -0.370 e. The van der Waals surface area contributed by atoms with Gasteiger partial charge < -0.3 is 10.2 Å². The molecule has 0 aromatic carbocycles. The summed E-state index contributed by atoms with van der Waals surface area (Å²) in [5.74, 6) is 1.89. The Morgan fingerprint density at radius 1 is 1.58 bits per heavy atom. The predicted octanol–water partition coefficient (Wildman–Crippen LogP) is 2.66. The predicted molar refractivity (Wildman–Crippen MR) is 75.7 cm³/mol. The number of nitrogens with zero attached hydrogens (tertiary/aromatic N) is 3. The lowest BCUT2D eigenvalue weighted by Crippen LogP contribution is -2.34. The van der Waals surface area contributed by atoms with Gasteiger partial charge in [0.25, 0.3) is 5.69 Å². The van der Waals surface area contributed by atoms with Crippen molar-refractivity contribution in [3.63, 3.8) is 0 Å². The van der Waals surface area contributed by atoms with Crippen LogP contribution in [0.25, 0.3) is 0 Å². The molecule has 1 saturated heterocycles. The smallest absolute Gasteiger partial charge is 0.276 e. The third-order valence-corrected chi connectivity index (χ3v) is 3.35. The molecule has 1 atom stereocenters. The summed E-state index contributed by atoms with van der Waals surface area (Å²) in [5, 5.41) is 14.0. The Balaban J connectivity index is 2.29. The van der Waals surface area contributed by atoms with E-state index in [1.54, 1.807) is 6.07 Å². The van der Waals surface area contributed by atoms with Crippen LogP contribution < -0.4 is 10.2 Å². The lowest BCUT2D eigenvalue weighted by Gasteiger charge is -2.31. The normalized spacial score (nSPS) is 19.3. The molecule has 2 heterocycles. The summed E-state index contributed by atoms with van der Waals surface area (Å²) in [6.45, 7) is 6.69. The minimum absolute atomic E-state index is 0.0965. The second-order valence-electron chi connectivity index (χ2n) is 5.05. The van der Waals surface area contributed by atoms with Crippen molar-refractivity contribution in [2.24, 2.45) is 5.92 Å². The number of pyridine rings is 1. The molecule has 1 unspecified atom stereocenters. The van der Waals surface area contributed by atoms with Gasteiger partial charge in [-0.1, -0.05) is 6.92 Å². The van der Waals surface area contributed by atoms with Crippen LogP contribution in [0.4, 0.5) is 17.3 Å². The zero-order chi connectivity index (χ0) is 13.8. The van der Waals surface area contributed by atoms with Crippen molar-refractivity contribution in [3.05, 3.63) is 22.2 Å².